The number of aryl methyl sites for hydroxylation is 2. The fourth-order valence-corrected chi connectivity index (χ4v) is 3.64. The van der Waals surface area contributed by atoms with Gasteiger partial charge in [0.15, 0.2) is 0 Å². The molecule has 29 heavy (non-hydrogen) atoms. The summed E-state index contributed by atoms with van der Waals surface area (Å²) in [4.78, 5) is 19.1. The number of halogens is 1. The monoisotopic (exact) mass is 393 g/mol. The minimum Gasteiger partial charge on any atom is -0.329 e. The van der Waals surface area contributed by atoms with Crippen molar-refractivity contribution in [1.29, 1.82) is 0 Å². The molecular weight excluding hydrogens is 369 g/mol. The molecule has 4 aromatic rings. The van der Waals surface area contributed by atoms with E-state index >= 15 is 0 Å². The topological polar surface area (TPSA) is 48.0 Å². The first kappa shape index (κ1) is 19.1. The zero-order chi connectivity index (χ0) is 20.7. The van der Waals surface area contributed by atoms with Gasteiger partial charge in [0.1, 0.15) is 5.82 Å². The van der Waals surface area contributed by atoms with Gasteiger partial charge in [0.2, 0.25) is 0 Å². The highest BCUT2D eigenvalue weighted by Crippen LogP contribution is 2.33. The molecule has 0 unspecified atom stereocenters. The molecule has 0 aliphatic heterocycles. The zero-order valence-corrected chi connectivity index (χ0v) is 17.1. The average Bonchev–Trinajstić information content (AvgIpc) is 3.22. The van der Waals surface area contributed by atoms with Gasteiger partial charge in [0.25, 0.3) is 0 Å². The molecule has 0 amide bonds. The summed E-state index contributed by atoms with van der Waals surface area (Å²) in [6, 6.07) is 12.4. The van der Waals surface area contributed by atoms with Crippen LogP contribution in [-0.4, -0.2) is 44.2 Å². The largest absolute Gasteiger partial charge is 0.329 e. The highest BCUT2D eigenvalue weighted by molar-refractivity contribution is 5.86. The van der Waals surface area contributed by atoms with E-state index in [1.165, 1.54) is 12.1 Å². The summed E-state index contributed by atoms with van der Waals surface area (Å²) < 4.78 is 18.8. The lowest BCUT2D eigenvalue weighted by Crippen LogP contribution is -2.19. The maximum absolute atomic E-state index is 13.4. The van der Waals surface area contributed by atoms with Crippen molar-refractivity contribution in [3.05, 3.63) is 65.1 Å². The molecule has 0 bridgehead atoms. The molecule has 2 heterocycles. The Kier molecular flexibility index (Phi) is 4.84. The van der Waals surface area contributed by atoms with Gasteiger partial charge in [-0.25, -0.2) is 14.2 Å². The van der Waals surface area contributed by atoms with Crippen molar-refractivity contribution in [3.63, 3.8) is 0 Å². The normalized spacial score (nSPS) is 11.7. The fraction of sp³-hybridized carbons (Fsp3) is 0.273. The molecule has 0 N–H and O–H groups in total. The zero-order valence-electron chi connectivity index (χ0n) is 17.1. The van der Waals surface area contributed by atoms with Gasteiger partial charge in [0, 0.05) is 38.3 Å². The fourth-order valence-electron chi connectivity index (χ4n) is 3.64. The van der Waals surface area contributed by atoms with Crippen molar-refractivity contribution in [2.45, 2.75) is 6.54 Å². The second-order valence-corrected chi connectivity index (χ2v) is 7.55. The Bertz CT molecular complexity index is 1230. The summed E-state index contributed by atoms with van der Waals surface area (Å²) in [5.74, 6) is -0.275. The van der Waals surface area contributed by atoms with Crippen LogP contribution in [0.3, 0.4) is 0 Å². The highest BCUT2D eigenvalue weighted by Gasteiger charge is 2.17. The van der Waals surface area contributed by atoms with E-state index < -0.39 is 0 Å². The van der Waals surface area contributed by atoms with Crippen molar-refractivity contribution < 1.29 is 4.39 Å². The predicted octanol–water partition coefficient (Wildman–Crippen LogP) is 3.11. The smallest absolute Gasteiger partial charge is 0.328 e. The Labute approximate surface area is 168 Å². The minimum atomic E-state index is -0.275. The van der Waals surface area contributed by atoms with Gasteiger partial charge >= 0.3 is 5.69 Å². The maximum atomic E-state index is 13.4. The number of aromatic nitrogens is 4. The molecule has 0 fully saturated rings. The van der Waals surface area contributed by atoms with Crippen molar-refractivity contribution in [1.82, 2.24) is 23.6 Å². The maximum Gasteiger partial charge on any atom is 0.328 e. The summed E-state index contributed by atoms with van der Waals surface area (Å²) in [7, 11) is 7.61. The van der Waals surface area contributed by atoms with Crippen LogP contribution in [0.4, 0.5) is 4.39 Å². The third-order valence-corrected chi connectivity index (χ3v) is 5.29. The van der Waals surface area contributed by atoms with Gasteiger partial charge < -0.3 is 9.47 Å². The SMILES string of the molecule is CN(C)CCn1cnc(-c2ccc(F)cc2)c1-c1ccc2c(c1)n(C)c(=O)n2C. The molecule has 0 aliphatic rings. The van der Waals surface area contributed by atoms with Gasteiger partial charge in [0.05, 0.1) is 28.7 Å². The van der Waals surface area contributed by atoms with Crippen molar-refractivity contribution in [2.24, 2.45) is 14.1 Å². The second-order valence-electron chi connectivity index (χ2n) is 7.55. The average molecular weight is 393 g/mol. The molecule has 4 rings (SSSR count). The van der Waals surface area contributed by atoms with Gasteiger partial charge in [-0.1, -0.05) is 6.07 Å². The Morgan fingerprint density at radius 3 is 2.31 bits per heavy atom. The predicted molar refractivity (Wildman–Crippen MR) is 113 cm³/mol. The van der Waals surface area contributed by atoms with Crippen LogP contribution in [0.1, 0.15) is 0 Å². The van der Waals surface area contributed by atoms with Crippen LogP contribution in [-0.2, 0) is 20.6 Å². The number of nitrogens with zero attached hydrogens (tertiary/aromatic N) is 5. The summed E-state index contributed by atoms with van der Waals surface area (Å²) >= 11 is 0. The van der Waals surface area contributed by atoms with E-state index in [2.05, 4.69) is 14.5 Å². The molecule has 0 saturated heterocycles. The first-order valence-corrected chi connectivity index (χ1v) is 9.48. The van der Waals surface area contributed by atoms with Crippen LogP contribution in [0.25, 0.3) is 33.5 Å². The summed E-state index contributed by atoms with van der Waals surface area (Å²) in [6.07, 6.45) is 1.83. The number of rotatable bonds is 5. The second kappa shape index (κ2) is 7.33. The first-order valence-electron chi connectivity index (χ1n) is 9.48. The van der Waals surface area contributed by atoms with Gasteiger partial charge in [-0.2, -0.15) is 0 Å². The Hall–Kier alpha value is -3.19. The van der Waals surface area contributed by atoms with Crippen LogP contribution < -0.4 is 5.69 Å². The van der Waals surface area contributed by atoms with Crippen LogP contribution in [0.15, 0.2) is 53.6 Å². The van der Waals surface area contributed by atoms with E-state index in [9.17, 15) is 9.18 Å². The molecule has 0 aliphatic carbocycles. The molecule has 0 radical (unpaired) electrons. The van der Waals surface area contributed by atoms with Gasteiger partial charge in [-0.05, 0) is 50.5 Å². The van der Waals surface area contributed by atoms with E-state index in [1.54, 1.807) is 35.4 Å². The lowest BCUT2D eigenvalue weighted by Gasteiger charge is -2.14. The third-order valence-electron chi connectivity index (χ3n) is 5.29. The van der Waals surface area contributed by atoms with Crippen LogP contribution >= 0.6 is 0 Å². The molecule has 150 valence electrons. The number of likely N-dealkylation sites (N-methyl/N-ethyl adjacent to an activating group) is 1. The van der Waals surface area contributed by atoms with Crippen LogP contribution in [0.2, 0.25) is 0 Å². The van der Waals surface area contributed by atoms with Gasteiger partial charge in [-0.3, -0.25) is 9.13 Å². The molecular formula is C22H24FN5O. The highest BCUT2D eigenvalue weighted by atomic mass is 19.1. The lowest BCUT2D eigenvalue weighted by molar-refractivity contribution is 0.385. The quantitative estimate of drug-likeness (QED) is 0.524. The molecule has 2 aromatic carbocycles. The van der Waals surface area contributed by atoms with E-state index in [1.807, 2.05) is 38.6 Å². The molecule has 2 aromatic heterocycles. The summed E-state index contributed by atoms with van der Waals surface area (Å²) in [5.41, 5.74) is 5.25. The van der Waals surface area contributed by atoms with Gasteiger partial charge in [-0.15, -0.1) is 0 Å². The number of imidazole rings is 2. The summed E-state index contributed by atoms with van der Waals surface area (Å²) in [6.45, 7) is 1.63. The van der Waals surface area contributed by atoms with Crippen molar-refractivity contribution >= 4 is 11.0 Å². The molecule has 6 nitrogen and oxygen atoms in total. The van der Waals surface area contributed by atoms with E-state index in [4.69, 9.17) is 0 Å². The number of hydrogen-bond acceptors (Lipinski definition) is 3. The molecule has 0 atom stereocenters. The molecule has 7 heteroatoms. The minimum absolute atomic E-state index is 0.0583. The Balaban J connectivity index is 1.91. The third kappa shape index (κ3) is 3.38. The number of fused-ring (bicyclic) bond motifs is 1. The molecule has 0 spiro atoms. The van der Waals surface area contributed by atoms with E-state index in [-0.39, 0.29) is 11.5 Å². The van der Waals surface area contributed by atoms with Crippen molar-refractivity contribution in [2.75, 3.05) is 20.6 Å². The lowest BCUT2D eigenvalue weighted by atomic mass is 10.0. The standard InChI is InChI=1S/C22H24FN5O/c1-25(2)11-12-28-14-24-20(15-5-8-17(23)9-6-15)21(28)16-7-10-18-19(13-16)27(4)22(29)26(18)3/h5-10,13-14H,11-12H2,1-4H3. The van der Waals surface area contributed by atoms with Crippen LogP contribution in [0.5, 0.6) is 0 Å². The number of benzene rings is 2. The van der Waals surface area contributed by atoms with E-state index in [0.29, 0.717) is 0 Å². The van der Waals surface area contributed by atoms with Crippen molar-refractivity contribution in [3.8, 4) is 22.5 Å². The number of hydrogen-bond donors (Lipinski definition) is 0. The Morgan fingerprint density at radius 1 is 0.966 bits per heavy atom. The molecule has 0 saturated carbocycles. The Morgan fingerprint density at radius 2 is 1.62 bits per heavy atom. The van der Waals surface area contributed by atoms with Crippen LogP contribution in [0, 0.1) is 5.82 Å². The summed E-state index contributed by atoms with van der Waals surface area (Å²) in [5, 5.41) is 0. The van der Waals surface area contributed by atoms with E-state index in [0.717, 1.165) is 46.6 Å². The first-order chi connectivity index (χ1) is 13.9.